The van der Waals surface area contributed by atoms with Gasteiger partial charge in [0.25, 0.3) is 0 Å². The number of rotatable bonds is 14. The maximum atomic E-state index is 11.0. The lowest BCUT2D eigenvalue weighted by Crippen LogP contribution is -2.37. The van der Waals surface area contributed by atoms with E-state index in [4.69, 9.17) is 18.9 Å². The Kier molecular flexibility index (Phi) is 12.6. The second-order valence-corrected chi connectivity index (χ2v) is 5.82. The number of hydrogen-bond donors (Lipinski definition) is 0. The highest BCUT2D eigenvalue weighted by molar-refractivity contribution is 5.69. The molecule has 0 aromatic rings. The molecule has 126 valence electrons. The zero-order valence-corrected chi connectivity index (χ0v) is 14.1. The predicted molar refractivity (Wildman–Crippen MR) is 81.2 cm³/mol. The van der Waals surface area contributed by atoms with Crippen molar-refractivity contribution >= 4 is 5.97 Å². The summed E-state index contributed by atoms with van der Waals surface area (Å²) in [6.07, 6.45) is 1.28. The van der Waals surface area contributed by atoms with E-state index in [9.17, 15) is 4.79 Å². The van der Waals surface area contributed by atoms with Crippen LogP contribution in [0.25, 0.3) is 0 Å². The first kappa shape index (κ1) is 20.3. The molecule has 0 rings (SSSR count). The standard InChI is InChI=1S/C15H32NO5/c1-5-6-15(17)21-14-13-20-12-11-19-10-9-18-8-7-16(2,3)4/h5-14H2,1-4H3/q+1. The summed E-state index contributed by atoms with van der Waals surface area (Å²) in [6, 6.07) is 0. The van der Waals surface area contributed by atoms with Gasteiger partial charge < -0.3 is 23.4 Å². The van der Waals surface area contributed by atoms with Crippen LogP contribution in [0.4, 0.5) is 0 Å². The van der Waals surface area contributed by atoms with E-state index in [1.807, 2.05) is 6.92 Å². The Bertz CT molecular complexity index is 253. The number of carbonyl (C=O) groups excluding carboxylic acids is 1. The molecule has 6 nitrogen and oxygen atoms in total. The van der Waals surface area contributed by atoms with Gasteiger partial charge >= 0.3 is 5.97 Å². The van der Waals surface area contributed by atoms with E-state index in [2.05, 4.69) is 21.1 Å². The Morgan fingerprint density at radius 1 is 0.810 bits per heavy atom. The molecule has 0 aliphatic rings. The molecule has 0 aliphatic carbocycles. The molecule has 21 heavy (non-hydrogen) atoms. The second-order valence-electron chi connectivity index (χ2n) is 5.82. The van der Waals surface area contributed by atoms with Gasteiger partial charge in [-0.1, -0.05) is 6.92 Å². The van der Waals surface area contributed by atoms with Crippen molar-refractivity contribution in [2.75, 3.05) is 73.9 Å². The Hall–Kier alpha value is -0.690. The van der Waals surface area contributed by atoms with Gasteiger partial charge in [-0.05, 0) is 6.42 Å². The number of carbonyl (C=O) groups is 1. The lowest BCUT2D eigenvalue weighted by molar-refractivity contribution is -0.870. The van der Waals surface area contributed by atoms with Gasteiger partial charge in [0.1, 0.15) is 13.2 Å². The highest BCUT2D eigenvalue weighted by atomic mass is 16.6. The summed E-state index contributed by atoms with van der Waals surface area (Å²) in [7, 11) is 6.41. The van der Waals surface area contributed by atoms with Gasteiger partial charge in [0.05, 0.1) is 60.8 Å². The number of hydrogen-bond acceptors (Lipinski definition) is 5. The van der Waals surface area contributed by atoms with Crippen molar-refractivity contribution in [2.45, 2.75) is 19.8 Å². The van der Waals surface area contributed by atoms with Crippen molar-refractivity contribution in [2.24, 2.45) is 0 Å². The summed E-state index contributed by atoms with van der Waals surface area (Å²) in [5.41, 5.74) is 0. The molecule has 0 aromatic heterocycles. The highest BCUT2D eigenvalue weighted by Gasteiger charge is 2.05. The summed E-state index contributed by atoms with van der Waals surface area (Å²) in [6.45, 7) is 6.62. The van der Waals surface area contributed by atoms with Crippen LogP contribution in [-0.2, 0) is 23.7 Å². The Balaban J connectivity index is 3.11. The fraction of sp³-hybridized carbons (Fsp3) is 0.933. The molecule has 0 atom stereocenters. The van der Waals surface area contributed by atoms with Crippen molar-refractivity contribution in [3.05, 3.63) is 0 Å². The summed E-state index contributed by atoms with van der Waals surface area (Å²) in [5, 5.41) is 0. The van der Waals surface area contributed by atoms with E-state index < -0.39 is 0 Å². The summed E-state index contributed by atoms with van der Waals surface area (Å²) in [5.74, 6) is -0.164. The summed E-state index contributed by atoms with van der Waals surface area (Å²) < 4.78 is 22.0. The molecule has 0 radical (unpaired) electrons. The Morgan fingerprint density at radius 2 is 1.29 bits per heavy atom. The van der Waals surface area contributed by atoms with Crippen molar-refractivity contribution < 1.29 is 28.2 Å². The van der Waals surface area contributed by atoms with Crippen LogP contribution in [0.1, 0.15) is 19.8 Å². The maximum absolute atomic E-state index is 11.0. The molecule has 6 heteroatoms. The third-order valence-corrected chi connectivity index (χ3v) is 2.60. The fourth-order valence-electron chi connectivity index (χ4n) is 1.37. The van der Waals surface area contributed by atoms with Gasteiger partial charge in [-0.3, -0.25) is 4.79 Å². The number of nitrogens with zero attached hydrogens (tertiary/aromatic N) is 1. The van der Waals surface area contributed by atoms with Gasteiger partial charge in [-0.2, -0.15) is 0 Å². The topological polar surface area (TPSA) is 54.0 Å². The first-order valence-electron chi connectivity index (χ1n) is 7.65. The summed E-state index contributed by atoms with van der Waals surface area (Å²) in [4.78, 5) is 11.0. The highest BCUT2D eigenvalue weighted by Crippen LogP contribution is 1.91. The zero-order chi connectivity index (χ0) is 16.0. The predicted octanol–water partition coefficient (Wildman–Crippen LogP) is 1.09. The average Bonchev–Trinajstić information content (AvgIpc) is 2.39. The SMILES string of the molecule is CCCC(=O)OCCOCCOCCOCC[N+](C)(C)C. The van der Waals surface area contributed by atoms with Gasteiger partial charge in [-0.25, -0.2) is 0 Å². The fourth-order valence-corrected chi connectivity index (χ4v) is 1.37. The van der Waals surface area contributed by atoms with E-state index in [0.717, 1.165) is 24.1 Å². The second kappa shape index (κ2) is 13.0. The normalized spacial score (nSPS) is 11.6. The molecule has 0 fully saturated rings. The monoisotopic (exact) mass is 306 g/mol. The zero-order valence-electron chi connectivity index (χ0n) is 14.1. The lowest BCUT2D eigenvalue weighted by atomic mass is 10.3. The van der Waals surface area contributed by atoms with Crippen molar-refractivity contribution in [3.63, 3.8) is 0 Å². The van der Waals surface area contributed by atoms with E-state index in [0.29, 0.717) is 46.1 Å². The number of esters is 1. The summed E-state index contributed by atoms with van der Waals surface area (Å²) >= 11 is 0. The molecule has 0 bridgehead atoms. The maximum Gasteiger partial charge on any atom is 0.305 e. The first-order valence-corrected chi connectivity index (χ1v) is 7.65. The van der Waals surface area contributed by atoms with Crippen LogP contribution in [0.5, 0.6) is 0 Å². The van der Waals surface area contributed by atoms with Crippen molar-refractivity contribution in [1.29, 1.82) is 0 Å². The van der Waals surface area contributed by atoms with Gasteiger partial charge in [0.15, 0.2) is 0 Å². The van der Waals surface area contributed by atoms with Gasteiger partial charge in [0.2, 0.25) is 0 Å². The minimum Gasteiger partial charge on any atom is -0.463 e. The molecule has 0 spiro atoms. The molecular weight excluding hydrogens is 274 g/mol. The van der Waals surface area contributed by atoms with Crippen LogP contribution in [-0.4, -0.2) is 84.4 Å². The van der Waals surface area contributed by atoms with E-state index in [-0.39, 0.29) is 5.97 Å². The van der Waals surface area contributed by atoms with Crippen LogP contribution >= 0.6 is 0 Å². The Labute approximate surface area is 128 Å². The van der Waals surface area contributed by atoms with E-state index in [1.54, 1.807) is 0 Å². The molecule has 0 heterocycles. The smallest absolute Gasteiger partial charge is 0.305 e. The number of quaternary nitrogens is 1. The van der Waals surface area contributed by atoms with Crippen LogP contribution < -0.4 is 0 Å². The molecule has 0 N–H and O–H groups in total. The van der Waals surface area contributed by atoms with Gasteiger partial charge in [0, 0.05) is 6.42 Å². The molecule has 0 unspecified atom stereocenters. The van der Waals surface area contributed by atoms with Crippen LogP contribution in [0, 0.1) is 0 Å². The minimum atomic E-state index is -0.164. The lowest BCUT2D eigenvalue weighted by Gasteiger charge is -2.23. The minimum absolute atomic E-state index is 0.164. The van der Waals surface area contributed by atoms with Crippen molar-refractivity contribution in [1.82, 2.24) is 0 Å². The number of ether oxygens (including phenoxy) is 4. The van der Waals surface area contributed by atoms with Gasteiger partial charge in [-0.15, -0.1) is 0 Å². The van der Waals surface area contributed by atoms with Crippen molar-refractivity contribution in [3.8, 4) is 0 Å². The first-order chi connectivity index (χ1) is 9.95. The third-order valence-electron chi connectivity index (χ3n) is 2.60. The molecule has 0 aromatic carbocycles. The van der Waals surface area contributed by atoms with E-state index >= 15 is 0 Å². The molecule has 0 amide bonds. The van der Waals surface area contributed by atoms with Crippen LogP contribution in [0.2, 0.25) is 0 Å². The Morgan fingerprint density at radius 3 is 1.76 bits per heavy atom. The largest absolute Gasteiger partial charge is 0.463 e. The van der Waals surface area contributed by atoms with Crippen LogP contribution in [0.3, 0.4) is 0 Å². The molecular formula is C15H32NO5+. The third kappa shape index (κ3) is 17.3. The van der Waals surface area contributed by atoms with Crippen LogP contribution in [0.15, 0.2) is 0 Å². The average molecular weight is 306 g/mol. The molecule has 0 aliphatic heterocycles. The molecule has 0 saturated heterocycles. The quantitative estimate of drug-likeness (QED) is 0.273. The molecule has 0 saturated carbocycles. The van der Waals surface area contributed by atoms with E-state index in [1.165, 1.54) is 0 Å². The number of likely N-dealkylation sites (N-methyl/N-ethyl adjacent to an activating group) is 1.